The topological polar surface area (TPSA) is 120 Å². The third-order valence-corrected chi connectivity index (χ3v) is 6.47. The summed E-state index contributed by atoms with van der Waals surface area (Å²) in [5.74, 6) is -0.252. The van der Waals surface area contributed by atoms with Crippen molar-refractivity contribution in [1.82, 2.24) is 15.1 Å². The van der Waals surface area contributed by atoms with Crippen LogP contribution in [-0.2, 0) is 34.0 Å². The zero-order valence-electron chi connectivity index (χ0n) is 18.9. The Morgan fingerprint density at radius 2 is 1.74 bits per heavy atom. The van der Waals surface area contributed by atoms with Gasteiger partial charge in [-0.25, -0.2) is 0 Å². The van der Waals surface area contributed by atoms with Crippen LogP contribution >= 0.6 is 0 Å². The van der Waals surface area contributed by atoms with Gasteiger partial charge in [0.2, 0.25) is 11.8 Å². The molecular formula is C25H29N3O6. The molecule has 34 heavy (non-hydrogen) atoms. The highest BCUT2D eigenvalue weighted by Crippen LogP contribution is 2.34. The fraction of sp³-hybridized carbons (Fsp3) is 0.400. The van der Waals surface area contributed by atoms with E-state index in [2.05, 4.69) is 34.5 Å². The predicted molar refractivity (Wildman–Crippen MR) is 123 cm³/mol. The molecule has 0 radical (unpaired) electrons. The molecule has 2 aromatic carbocycles. The smallest absolute Gasteiger partial charge is 0.255 e. The van der Waals surface area contributed by atoms with Crippen LogP contribution < -0.4 is 10.1 Å². The van der Waals surface area contributed by atoms with Crippen molar-refractivity contribution in [3.8, 4) is 5.75 Å². The van der Waals surface area contributed by atoms with Gasteiger partial charge in [0.05, 0.1) is 19.8 Å². The van der Waals surface area contributed by atoms with Crippen molar-refractivity contribution >= 4 is 17.7 Å². The summed E-state index contributed by atoms with van der Waals surface area (Å²) in [5.41, 5.74) is 3.64. The Morgan fingerprint density at radius 1 is 1.00 bits per heavy atom. The van der Waals surface area contributed by atoms with E-state index < -0.39 is 11.9 Å². The number of rotatable bonds is 6. The van der Waals surface area contributed by atoms with E-state index in [0.717, 1.165) is 44.0 Å². The Bertz CT molecular complexity index is 1060. The normalized spacial score (nSPS) is 20.5. The maximum Gasteiger partial charge on any atom is 0.255 e. The SMILES string of the molecule is O.O=C1CCC(N2Cc3c(OCc4ccc(CN5CCOCC5)cc4)cccc3C2=O)C(=O)N1. The predicted octanol–water partition coefficient (Wildman–Crippen LogP) is 1.03. The Morgan fingerprint density at radius 3 is 2.47 bits per heavy atom. The monoisotopic (exact) mass is 467 g/mol. The number of amides is 3. The number of hydrogen-bond donors (Lipinski definition) is 1. The van der Waals surface area contributed by atoms with E-state index in [1.54, 1.807) is 17.0 Å². The molecular weight excluding hydrogens is 438 g/mol. The number of hydrogen-bond acceptors (Lipinski definition) is 6. The lowest BCUT2D eigenvalue weighted by Crippen LogP contribution is -2.52. The van der Waals surface area contributed by atoms with E-state index in [9.17, 15) is 14.4 Å². The molecule has 1 atom stereocenters. The van der Waals surface area contributed by atoms with E-state index in [-0.39, 0.29) is 23.7 Å². The van der Waals surface area contributed by atoms with Crippen molar-refractivity contribution < 1.29 is 29.3 Å². The minimum absolute atomic E-state index is 0. The van der Waals surface area contributed by atoms with Crippen LogP contribution in [0.15, 0.2) is 42.5 Å². The van der Waals surface area contributed by atoms with Gasteiger partial charge in [-0.3, -0.25) is 24.6 Å². The zero-order chi connectivity index (χ0) is 22.8. The number of imide groups is 1. The molecule has 3 aliphatic heterocycles. The van der Waals surface area contributed by atoms with Crippen LogP contribution in [-0.4, -0.2) is 65.3 Å². The van der Waals surface area contributed by atoms with E-state index in [4.69, 9.17) is 9.47 Å². The van der Waals surface area contributed by atoms with Crippen LogP contribution in [0.2, 0.25) is 0 Å². The number of nitrogens with one attached hydrogen (secondary N) is 1. The Balaban J connectivity index is 0.00000274. The number of fused-ring (bicyclic) bond motifs is 1. The lowest BCUT2D eigenvalue weighted by Gasteiger charge is -2.29. The molecule has 3 heterocycles. The Labute approximate surface area is 197 Å². The number of benzene rings is 2. The van der Waals surface area contributed by atoms with Gasteiger partial charge in [0.1, 0.15) is 18.4 Å². The van der Waals surface area contributed by atoms with Gasteiger partial charge < -0.3 is 19.8 Å². The van der Waals surface area contributed by atoms with E-state index >= 15 is 0 Å². The zero-order valence-corrected chi connectivity index (χ0v) is 18.9. The number of ether oxygens (including phenoxy) is 2. The number of piperidine rings is 1. The standard InChI is InChI=1S/C25H27N3O5.H2O/c29-23-9-8-21(24(30)26-23)28-15-20-19(25(28)31)2-1-3-22(20)33-16-18-6-4-17(5-7-18)14-27-10-12-32-13-11-27;/h1-7,21H,8-16H2,(H,26,29,30);1H2. The van der Waals surface area contributed by atoms with Crippen molar-refractivity contribution in [3.63, 3.8) is 0 Å². The highest BCUT2D eigenvalue weighted by Gasteiger charge is 2.40. The number of nitrogens with zero attached hydrogens (tertiary/aromatic N) is 2. The van der Waals surface area contributed by atoms with Gasteiger partial charge in [0.25, 0.3) is 5.91 Å². The lowest BCUT2D eigenvalue weighted by molar-refractivity contribution is -0.136. The molecule has 3 aliphatic rings. The lowest BCUT2D eigenvalue weighted by atomic mass is 10.0. The molecule has 180 valence electrons. The molecule has 0 aliphatic carbocycles. The summed E-state index contributed by atoms with van der Waals surface area (Å²) in [7, 11) is 0. The van der Waals surface area contributed by atoms with Crippen LogP contribution in [0.3, 0.4) is 0 Å². The van der Waals surface area contributed by atoms with Crippen LogP contribution in [0.1, 0.15) is 39.9 Å². The average molecular weight is 468 g/mol. The first-order valence-corrected chi connectivity index (χ1v) is 11.4. The second-order valence-electron chi connectivity index (χ2n) is 8.68. The highest BCUT2D eigenvalue weighted by atomic mass is 16.5. The van der Waals surface area contributed by atoms with Gasteiger partial charge >= 0.3 is 0 Å². The molecule has 3 amide bonds. The fourth-order valence-electron chi connectivity index (χ4n) is 4.61. The molecule has 1 unspecified atom stereocenters. The highest BCUT2D eigenvalue weighted by molar-refractivity contribution is 6.05. The molecule has 9 heteroatoms. The van der Waals surface area contributed by atoms with E-state index in [0.29, 0.717) is 30.9 Å². The van der Waals surface area contributed by atoms with Crippen LogP contribution in [0.25, 0.3) is 0 Å². The quantitative estimate of drug-likeness (QED) is 0.634. The van der Waals surface area contributed by atoms with E-state index in [1.165, 1.54) is 5.56 Å². The molecule has 2 aromatic rings. The second-order valence-corrected chi connectivity index (χ2v) is 8.68. The van der Waals surface area contributed by atoms with Gasteiger partial charge in [-0.15, -0.1) is 0 Å². The minimum atomic E-state index is -0.630. The number of carbonyl (C=O) groups excluding carboxylic acids is 3. The second kappa shape index (κ2) is 10.3. The molecule has 2 fully saturated rings. The summed E-state index contributed by atoms with van der Waals surface area (Å²) < 4.78 is 11.5. The molecule has 0 aromatic heterocycles. The Kier molecular flexibility index (Phi) is 7.26. The summed E-state index contributed by atoms with van der Waals surface area (Å²) >= 11 is 0. The van der Waals surface area contributed by atoms with Gasteiger partial charge in [0, 0.05) is 37.2 Å². The van der Waals surface area contributed by atoms with Crippen LogP contribution in [0, 0.1) is 0 Å². The van der Waals surface area contributed by atoms with Gasteiger partial charge in [-0.1, -0.05) is 30.3 Å². The van der Waals surface area contributed by atoms with Crippen LogP contribution in [0.4, 0.5) is 0 Å². The summed E-state index contributed by atoms with van der Waals surface area (Å²) in [5, 5.41) is 2.33. The fourth-order valence-corrected chi connectivity index (χ4v) is 4.61. The van der Waals surface area contributed by atoms with Crippen molar-refractivity contribution in [3.05, 3.63) is 64.7 Å². The first kappa shape index (κ1) is 23.9. The van der Waals surface area contributed by atoms with Crippen molar-refractivity contribution in [1.29, 1.82) is 0 Å². The number of morpholine rings is 1. The average Bonchev–Trinajstić information content (AvgIpc) is 3.16. The molecule has 0 bridgehead atoms. The molecule has 9 nitrogen and oxygen atoms in total. The summed E-state index contributed by atoms with van der Waals surface area (Å²) in [6, 6.07) is 13.2. The van der Waals surface area contributed by atoms with Gasteiger partial charge in [0.15, 0.2) is 0 Å². The molecule has 2 saturated heterocycles. The van der Waals surface area contributed by atoms with Gasteiger partial charge in [-0.2, -0.15) is 0 Å². The number of carbonyl (C=O) groups is 3. The minimum Gasteiger partial charge on any atom is -0.489 e. The van der Waals surface area contributed by atoms with Crippen molar-refractivity contribution in [2.45, 2.75) is 38.6 Å². The summed E-state index contributed by atoms with van der Waals surface area (Å²) in [6.45, 7) is 5.09. The third-order valence-electron chi connectivity index (χ3n) is 6.47. The molecule has 0 saturated carbocycles. The van der Waals surface area contributed by atoms with Crippen molar-refractivity contribution in [2.24, 2.45) is 0 Å². The third kappa shape index (κ3) is 4.96. The first-order valence-electron chi connectivity index (χ1n) is 11.4. The summed E-state index contributed by atoms with van der Waals surface area (Å²) in [4.78, 5) is 40.6. The Hall–Kier alpha value is -3.27. The molecule has 3 N–H and O–H groups in total. The maximum absolute atomic E-state index is 12.9. The maximum atomic E-state index is 12.9. The summed E-state index contributed by atoms with van der Waals surface area (Å²) in [6.07, 6.45) is 0.582. The molecule has 0 spiro atoms. The van der Waals surface area contributed by atoms with Gasteiger partial charge in [-0.05, 0) is 29.7 Å². The largest absolute Gasteiger partial charge is 0.489 e. The van der Waals surface area contributed by atoms with E-state index in [1.807, 2.05) is 6.07 Å². The first-order chi connectivity index (χ1) is 16.1. The molecule has 5 rings (SSSR count). The van der Waals surface area contributed by atoms with Crippen LogP contribution in [0.5, 0.6) is 5.75 Å². The van der Waals surface area contributed by atoms with Crippen molar-refractivity contribution in [2.75, 3.05) is 26.3 Å².